The Morgan fingerprint density at radius 2 is 1.94 bits per heavy atom. The van der Waals surface area contributed by atoms with E-state index < -0.39 is 10.8 Å². The highest BCUT2D eigenvalue weighted by molar-refractivity contribution is 5.91. The highest BCUT2D eigenvalue weighted by Gasteiger charge is 2.20. The number of carbonyl (C=O) groups is 1. The van der Waals surface area contributed by atoms with Gasteiger partial charge < -0.3 is 9.73 Å². The predicted molar refractivity (Wildman–Crippen MR) is 64.3 cm³/mol. The van der Waals surface area contributed by atoms with E-state index >= 15 is 0 Å². The van der Waals surface area contributed by atoms with E-state index in [1.165, 1.54) is 25.0 Å². The maximum absolute atomic E-state index is 11.8. The fraction of sp³-hybridized carbons (Fsp3) is 0.583. The van der Waals surface area contributed by atoms with Crippen LogP contribution in [-0.4, -0.2) is 16.9 Å². The van der Waals surface area contributed by atoms with Gasteiger partial charge in [-0.05, 0) is 18.9 Å². The number of nitro groups is 1. The number of rotatable bonds is 3. The first-order chi connectivity index (χ1) is 8.66. The van der Waals surface area contributed by atoms with E-state index in [-0.39, 0.29) is 17.7 Å². The summed E-state index contributed by atoms with van der Waals surface area (Å²) in [5.41, 5.74) is 0. The number of nitrogens with one attached hydrogen (secondary N) is 1. The lowest BCUT2D eigenvalue weighted by molar-refractivity contribution is -0.402. The molecule has 98 valence electrons. The summed E-state index contributed by atoms with van der Waals surface area (Å²) >= 11 is 0. The minimum Gasteiger partial charge on any atom is -0.395 e. The van der Waals surface area contributed by atoms with Crippen LogP contribution < -0.4 is 5.32 Å². The first-order valence-corrected chi connectivity index (χ1v) is 6.22. The average molecular weight is 252 g/mol. The van der Waals surface area contributed by atoms with Crippen molar-refractivity contribution in [3.8, 4) is 0 Å². The minimum atomic E-state index is -0.650. The monoisotopic (exact) mass is 252 g/mol. The van der Waals surface area contributed by atoms with Crippen LogP contribution in [0, 0.1) is 10.1 Å². The summed E-state index contributed by atoms with van der Waals surface area (Å²) in [5.74, 6) is -0.762. The molecule has 1 aliphatic carbocycles. The van der Waals surface area contributed by atoms with Gasteiger partial charge in [-0.15, -0.1) is 0 Å². The van der Waals surface area contributed by atoms with E-state index in [2.05, 4.69) is 5.32 Å². The zero-order chi connectivity index (χ0) is 13.0. The van der Waals surface area contributed by atoms with Crippen molar-refractivity contribution in [2.75, 3.05) is 0 Å². The van der Waals surface area contributed by atoms with Crippen molar-refractivity contribution < 1.29 is 14.1 Å². The lowest BCUT2D eigenvalue weighted by Gasteiger charge is -2.14. The molecule has 1 aliphatic rings. The van der Waals surface area contributed by atoms with Crippen molar-refractivity contribution in [2.45, 2.75) is 44.6 Å². The van der Waals surface area contributed by atoms with Gasteiger partial charge in [0.1, 0.15) is 4.92 Å². The number of carbonyl (C=O) groups excluding carboxylic acids is 1. The van der Waals surface area contributed by atoms with Gasteiger partial charge in [-0.2, -0.15) is 0 Å². The number of furan rings is 1. The minimum absolute atomic E-state index is 0.00551. The molecule has 0 saturated heterocycles. The van der Waals surface area contributed by atoms with Crippen LogP contribution >= 0.6 is 0 Å². The lowest BCUT2D eigenvalue weighted by Crippen LogP contribution is -2.34. The second-order valence-corrected chi connectivity index (χ2v) is 4.56. The van der Waals surface area contributed by atoms with Crippen molar-refractivity contribution in [2.24, 2.45) is 0 Å². The largest absolute Gasteiger partial charge is 0.433 e. The number of hydrogen-bond donors (Lipinski definition) is 1. The zero-order valence-corrected chi connectivity index (χ0v) is 10.1. The Bertz CT molecular complexity index is 433. The van der Waals surface area contributed by atoms with Crippen molar-refractivity contribution in [3.05, 3.63) is 28.0 Å². The predicted octanol–water partition coefficient (Wildman–Crippen LogP) is 2.64. The van der Waals surface area contributed by atoms with Crippen molar-refractivity contribution >= 4 is 11.8 Å². The summed E-state index contributed by atoms with van der Waals surface area (Å²) in [6, 6.07) is 2.69. The van der Waals surface area contributed by atoms with Crippen LogP contribution in [0.4, 0.5) is 5.88 Å². The van der Waals surface area contributed by atoms with Crippen LogP contribution in [0.3, 0.4) is 0 Å². The molecule has 0 atom stereocenters. The van der Waals surface area contributed by atoms with Crippen LogP contribution in [-0.2, 0) is 0 Å². The average Bonchev–Trinajstić information content (AvgIpc) is 2.70. The van der Waals surface area contributed by atoms with Crippen LogP contribution in [0.25, 0.3) is 0 Å². The summed E-state index contributed by atoms with van der Waals surface area (Å²) in [7, 11) is 0. The van der Waals surface area contributed by atoms with Crippen molar-refractivity contribution in [1.29, 1.82) is 0 Å². The topological polar surface area (TPSA) is 85.4 Å². The van der Waals surface area contributed by atoms with Crippen LogP contribution in [0.1, 0.15) is 49.1 Å². The maximum atomic E-state index is 11.8. The quantitative estimate of drug-likeness (QED) is 0.509. The Kier molecular flexibility index (Phi) is 3.96. The molecule has 6 nitrogen and oxygen atoms in total. The highest BCUT2D eigenvalue weighted by Crippen LogP contribution is 2.19. The number of amides is 1. The molecule has 1 N–H and O–H groups in total. The molecule has 0 spiro atoms. The fourth-order valence-corrected chi connectivity index (χ4v) is 2.23. The number of nitrogens with zero attached hydrogens (tertiary/aromatic N) is 1. The molecule has 0 bridgehead atoms. The third-order valence-electron chi connectivity index (χ3n) is 3.19. The standard InChI is InChI=1S/C12H16N2O4/c15-12(10-7-8-11(18-10)14(16)17)13-9-5-3-1-2-4-6-9/h7-9H,1-6H2,(H,13,15). The Morgan fingerprint density at radius 3 is 2.50 bits per heavy atom. The van der Waals surface area contributed by atoms with Crippen LogP contribution in [0.2, 0.25) is 0 Å². The molecule has 0 radical (unpaired) electrons. The van der Waals surface area contributed by atoms with E-state index in [9.17, 15) is 14.9 Å². The van der Waals surface area contributed by atoms with Gasteiger partial charge in [-0.25, -0.2) is 0 Å². The van der Waals surface area contributed by atoms with Crippen LogP contribution in [0.15, 0.2) is 16.5 Å². The molecule has 1 heterocycles. The molecule has 1 aromatic rings. The normalized spacial score (nSPS) is 17.1. The molecule has 0 unspecified atom stereocenters. The molecule has 0 aliphatic heterocycles. The van der Waals surface area contributed by atoms with Crippen LogP contribution in [0.5, 0.6) is 0 Å². The fourth-order valence-electron chi connectivity index (χ4n) is 2.23. The van der Waals surface area contributed by atoms with Crippen molar-refractivity contribution in [3.63, 3.8) is 0 Å². The van der Waals surface area contributed by atoms with E-state index in [1.807, 2.05) is 0 Å². The van der Waals surface area contributed by atoms with E-state index in [4.69, 9.17) is 4.42 Å². The molecule has 1 fully saturated rings. The van der Waals surface area contributed by atoms with Gasteiger partial charge in [0.05, 0.1) is 6.07 Å². The number of hydrogen-bond acceptors (Lipinski definition) is 4. The van der Waals surface area contributed by atoms with Gasteiger partial charge >= 0.3 is 5.88 Å². The van der Waals surface area contributed by atoms with Gasteiger partial charge in [0.25, 0.3) is 5.91 Å². The van der Waals surface area contributed by atoms with Crippen molar-refractivity contribution in [1.82, 2.24) is 5.32 Å². The van der Waals surface area contributed by atoms with E-state index in [1.54, 1.807) is 0 Å². The Hall–Kier alpha value is -1.85. The third kappa shape index (κ3) is 3.09. The molecule has 6 heteroatoms. The second-order valence-electron chi connectivity index (χ2n) is 4.56. The summed E-state index contributed by atoms with van der Waals surface area (Å²) in [4.78, 5) is 21.6. The molecule has 18 heavy (non-hydrogen) atoms. The Balaban J connectivity index is 1.95. The van der Waals surface area contributed by atoms with Gasteiger partial charge in [0.2, 0.25) is 0 Å². The zero-order valence-electron chi connectivity index (χ0n) is 10.1. The molecule has 0 aromatic carbocycles. The third-order valence-corrected chi connectivity index (χ3v) is 3.19. The smallest absolute Gasteiger partial charge is 0.395 e. The van der Waals surface area contributed by atoms with Gasteiger partial charge in [0, 0.05) is 6.04 Å². The molecule has 1 amide bonds. The van der Waals surface area contributed by atoms with E-state index in [0.29, 0.717) is 0 Å². The van der Waals surface area contributed by atoms with Gasteiger partial charge in [-0.1, -0.05) is 25.7 Å². The SMILES string of the molecule is O=C(NC1CCCCCC1)c1ccc([N+](=O)[O-])o1. The first-order valence-electron chi connectivity index (χ1n) is 6.22. The van der Waals surface area contributed by atoms with Gasteiger partial charge in [-0.3, -0.25) is 14.9 Å². The molecule has 1 aromatic heterocycles. The van der Waals surface area contributed by atoms with Gasteiger partial charge in [0.15, 0.2) is 5.76 Å². The Labute approximate surface area is 105 Å². The highest BCUT2D eigenvalue weighted by atomic mass is 16.6. The molecular weight excluding hydrogens is 236 g/mol. The Morgan fingerprint density at radius 1 is 1.28 bits per heavy atom. The summed E-state index contributed by atoms with van der Waals surface area (Å²) in [6.07, 6.45) is 6.58. The second kappa shape index (κ2) is 5.66. The summed E-state index contributed by atoms with van der Waals surface area (Å²) in [5, 5.41) is 13.3. The molecule has 2 rings (SSSR count). The summed E-state index contributed by atoms with van der Waals surface area (Å²) in [6.45, 7) is 0. The lowest BCUT2D eigenvalue weighted by atomic mass is 10.1. The summed E-state index contributed by atoms with van der Waals surface area (Å²) < 4.78 is 4.87. The van der Waals surface area contributed by atoms with E-state index in [0.717, 1.165) is 25.7 Å². The molecular formula is C12H16N2O4. The maximum Gasteiger partial charge on any atom is 0.433 e. The molecule has 1 saturated carbocycles. The first kappa shape index (κ1) is 12.6.